The van der Waals surface area contributed by atoms with Gasteiger partial charge in [-0.1, -0.05) is 219 Å². The van der Waals surface area contributed by atoms with Crippen LogP contribution in [0.2, 0.25) is 0 Å². The first kappa shape index (κ1) is 69.2. The highest BCUT2D eigenvalue weighted by atomic mass is 31.2. The molecule has 0 aromatic rings. The first-order chi connectivity index (χ1) is 35.5. The van der Waals surface area contributed by atoms with Crippen molar-refractivity contribution in [1.82, 2.24) is 5.32 Å². The van der Waals surface area contributed by atoms with Gasteiger partial charge in [-0.15, -0.1) is 0 Å². The molecule has 1 aliphatic heterocycles. The smallest absolute Gasteiger partial charge is 0.394 e. The second-order valence-corrected chi connectivity index (χ2v) is 23.0. The van der Waals surface area contributed by atoms with Crippen LogP contribution in [0.15, 0.2) is 0 Å². The van der Waals surface area contributed by atoms with Crippen molar-refractivity contribution < 1.29 is 83.8 Å². The SMILES string of the molecule is CCCCCCCCCCCCCCCCCCCCCCC(O)C(=O)NC(COP(=O)(O)OC1C(O)C(O)C(O)C(O)C1OC1OC(CO)C(O)C(O)C1N)C(O)C(O)CCCCCCCCCCCCCC. The third kappa shape index (κ3) is 27.8. The number of phosphoric ester groups is 1. The number of hydrogen-bond acceptors (Lipinski definition) is 17. The predicted molar refractivity (Wildman–Crippen MR) is 284 cm³/mol. The lowest BCUT2D eigenvalue weighted by atomic mass is 9.84. The molecule has 14 N–H and O–H groups in total. The molecule has 1 aliphatic carbocycles. The lowest BCUT2D eigenvalue weighted by molar-refractivity contribution is -0.315. The van der Waals surface area contributed by atoms with Gasteiger partial charge in [0.15, 0.2) is 6.29 Å². The molecular weight excluding hydrogens is 980 g/mol. The highest BCUT2D eigenvalue weighted by Crippen LogP contribution is 2.48. The van der Waals surface area contributed by atoms with E-state index in [4.69, 9.17) is 24.3 Å². The maximum atomic E-state index is 13.6. The summed E-state index contributed by atoms with van der Waals surface area (Å²) in [7, 11) is -5.46. The minimum Gasteiger partial charge on any atom is -0.394 e. The number of hydrogen-bond donors (Lipinski definition) is 13. The van der Waals surface area contributed by atoms with Crippen LogP contribution in [0.1, 0.15) is 232 Å². The van der Waals surface area contributed by atoms with Gasteiger partial charge in [-0.3, -0.25) is 13.8 Å². The van der Waals surface area contributed by atoms with Crippen molar-refractivity contribution in [2.45, 2.75) is 324 Å². The van der Waals surface area contributed by atoms with Gasteiger partial charge in [-0.25, -0.2) is 4.57 Å². The van der Waals surface area contributed by atoms with E-state index >= 15 is 0 Å². The quantitative estimate of drug-likeness (QED) is 0.0247. The maximum Gasteiger partial charge on any atom is 0.472 e. The van der Waals surface area contributed by atoms with Crippen LogP contribution in [0.4, 0.5) is 0 Å². The number of carbonyl (C=O) groups excluding carboxylic acids is 1. The Morgan fingerprint density at radius 3 is 1.34 bits per heavy atom. The average molecular weight is 1090 g/mol. The maximum absolute atomic E-state index is 13.6. The number of aliphatic hydroxyl groups excluding tert-OH is 10. The molecule has 16 unspecified atom stereocenters. The molecule has 2 rings (SSSR count). The molecule has 0 bridgehead atoms. The van der Waals surface area contributed by atoms with Crippen molar-refractivity contribution >= 4 is 13.7 Å². The van der Waals surface area contributed by atoms with Gasteiger partial charge in [-0.05, 0) is 12.8 Å². The zero-order valence-electron chi connectivity index (χ0n) is 45.5. The number of rotatable bonds is 46. The second kappa shape index (κ2) is 41.1. The lowest BCUT2D eigenvalue weighted by Crippen LogP contribution is -2.68. The Morgan fingerprint density at radius 1 is 0.554 bits per heavy atom. The first-order valence-electron chi connectivity index (χ1n) is 29.3. The topological polar surface area (TPSA) is 332 Å². The van der Waals surface area contributed by atoms with Crippen LogP contribution in [0.5, 0.6) is 0 Å². The summed E-state index contributed by atoms with van der Waals surface area (Å²) in [6.07, 6.45) is 13.5. The summed E-state index contributed by atoms with van der Waals surface area (Å²) in [6, 6.07) is -3.11. The number of nitrogens with two attached hydrogens (primary N) is 1. The predicted octanol–water partition coefficient (Wildman–Crippen LogP) is 5.97. The number of unbranched alkanes of at least 4 members (excludes halogenated alkanes) is 30. The summed E-state index contributed by atoms with van der Waals surface area (Å²) in [4.78, 5) is 24.3. The third-order valence-corrected chi connectivity index (χ3v) is 16.0. The lowest BCUT2D eigenvalue weighted by Gasteiger charge is -2.47. The second-order valence-electron chi connectivity index (χ2n) is 21.6. The monoisotopic (exact) mass is 1090 g/mol. The van der Waals surface area contributed by atoms with E-state index < -0.39 is 119 Å². The van der Waals surface area contributed by atoms with Crippen LogP contribution in [0, 0.1) is 0 Å². The fourth-order valence-corrected chi connectivity index (χ4v) is 11.0. The van der Waals surface area contributed by atoms with Gasteiger partial charge in [0.1, 0.15) is 67.1 Å². The molecule has 1 saturated carbocycles. The Bertz CT molecular complexity index is 1430. The number of carbonyl (C=O) groups is 1. The Balaban J connectivity index is 1.93. The Kier molecular flexibility index (Phi) is 38.4. The summed E-state index contributed by atoms with van der Waals surface area (Å²) >= 11 is 0. The minimum atomic E-state index is -5.46. The fraction of sp³-hybridized carbons (Fsp3) is 0.981. The largest absolute Gasteiger partial charge is 0.472 e. The summed E-state index contributed by atoms with van der Waals surface area (Å²) in [6.45, 7) is 2.67. The van der Waals surface area contributed by atoms with Crippen LogP contribution in [0.25, 0.3) is 0 Å². The van der Waals surface area contributed by atoms with Gasteiger partial charge >= 0.3 is 7.82 Å². The molecule has 1 amide bonds. The first-order valence-corrected chi connectivity index (χ1v) is 30.8. The Morgan fingerprint density at radius 2 is 0.932 bits per heavy atom. The third-order valence-electron chi connectivity index (χ3n) is 15.1. The van der Waals surface area contributed by atoms with Gasteiger partial charge in [0.05, 0.1) is 31.4 Å². The summed E-state index contributed by atoms with van der Waals surface area (Å²) in [5.41, 5.74) is 5.97. The molecule has 0 spiro atoms. The van der Waals surface area contributed by atoms with Crippen LogP contribution in [-0.2, 0) is 27.9 Å². The number of nitrogens with one attached hydrogen (secondary N) is 1. The Hall–Kier alpha value is -0.940. The average Bonchev–Trinajstić information content (AvgIpc) is 3.38. The van der Waals surface area contributed by atoms with Crippen LogP contribution in [-0.4, -0.2) is 167 Å². The minimum absolute atomic E-state index is 0.109. The van der Waals surface area contributed by atoms with Crippen molar-refractivity contribution in [3.05, 3.63) is 0 Å². The molecule has 1 saturated heterocycles. The van der Waals surface area contributed by atoms with Crippen LogP contribution < -0.4 is 11.1 Å². The molecule has 20 heteroatoms. The fourth-order valence-electron chi connectivity index (χ4n) is 10.1. The van der Waals surface area contributed by atoms with E-state index in [1.54, 1.807) is 0 Å². The van der Waals surface area contributed by atoms with Crippen molar-refractivity contribution in [3.8, 4) is 0 Å². The standard InChI is InChI=1S/C54H107N2O17P/c1-3-5-7-9-11-13-15-17-18-19-20-21-22-23-24-26-28-30-32-34-36-41(59)53(67)56-39(44(60)40(58)35-33-31-29-27-25-16-14-12-10-8-6-4-2)38-70-74(68,69)73-52-50(66)48(64)47(63)49(65)51(52)72-54-43(55)46(62)45(61)42(37-57)71-54/h39-52,54,57-66H,3-38,55H2,1-2H3,(H,56,67)(H,68,69). The Labute approximate surface area is 444 Å². The van der Waals surface area contributed by atoms with Gasteiger partial charge in [-0.2, -0.15) is 0 Å². The molecule has 0 aromatic carbocycles. The highest BCUT2D eigenvalue weighted by Gasteiger charge is 2.55. The van der Waals surface area contributed by atoms with E-state index in [0.29, 0.717) is 12.8 Å². The molecule has 74 heavy (non-hydrogen) atoms. The van der Waals surface area contributed by atoms with Gasteiger partial charge in [0, 0.05) is 0 Å². The van der Waals surface area contributed by atoms with E-state index in [2.05, 4.69) is 19.2 Å². The normalized spacial score (nSPS) is 27.9. The molecule has 2 fully saturated rings. The molecule has 440 valence electrons. The van der Waals surface area contributed by atoms with E-state index in [-0.39, 0.29) is 12.8 Å². The van der Waals surface area contributed by atoms with Gasteiger partial charge in [0.25, 0.3) is 0 Å². The number of ether oxygens (including phenoxy) is 2. The van der Waals surface area contributed by atoms with E-state index in [0.717, 1.165) is 51.4 Å². The van der Waals surface area contributed by atoms with Gasteiger partial charge in [0.2, 0.25) is 5.91 Å². The molecule has 0 aromatic heterocycles. The molecule has 2 aliphatic rings. The van der Waals surface area contributed by atoms with Crippen molar-refractivity contribution in [2.24, 2.45) is 5.73 Å². The zero-order chi connectivity index (χ0) is 54.7. The van der Waals surface area contributed by atoms with E-state index in [1.807, 2.05) is 0 Å². The molecule has 19 nitrogen and oxygen atoms in total. The summed E-state index contributed by atoms with van der Waals surface area (Å²) in [5.74, 6) is -0.907. The van der Waals surface area contributed by atoms with Crippen molar-refractivity contribution in [2.75, 3.05) is 13.2 Å². The number of amides is 1. The summed E-state index contributed by atoms with van der Waals surface area (Å²) in [5, 5.41) is 109. The summed E-state index contributed by atoms with van der Waals surface area (Å²) < 4.78 is 35.1. The number of aliphatic hydroxyl groups is 10. The van der Waals surface area contributed by atoms with Crippen LogP contribution >= 0.6 is 7.82 Å². The van der Waals surface area contributed by atoms with Crippen molar-refractivity contribution in [3.63, 3.8) is 0 Å². The molecule has 1 heterocycles. The number of phosphoric acid groups is 1. The molecule has 0 radical (unpaired) electrons. The highest BCUT2D eigenvalue weighted by molar-refractivity contribution is 7.47. The zero-order valence-corrected chi connectivity index (χ0v) is 46.4. The molecular formula is C54H107N2O17P. The van der Waals surface area contributed by atoms with Crippen LogP contribution in [0.3, 0.4) is 0 Å². The van der Waals surface area contributed by atoms with Crippen molar-refractivity contribution in [1.29, 1.82) is 0 Å². The van der Waals surface area contributed by atoms with Gasteiger partial charge < -0.3 is 76.5 Å². The molecule has 16 atom stereocenters. The van der Waals surface area contributed by atoms with E-state index in [1.165, 1.54) is 141 Å². The van der Waals surface area contributed by atoms with E-state index in [9.17, 15) is 65.3 Å².